The second-order valence-corrected chi connectivity index (χ2v) is 15.6. The number of fused-ring (bicyclic) bond motifs is 10. The Morgan fingerprint density at radius 2 is 0.867 bits per heavy atom. The van der Waals surface area contributed by atoms with Gasteiger partial charge in [0, 0.05) is 32.8 Å². The van der Waals surface area contributed by atoms with Gasteiger partial charge in [-0.1, -0.05) is 146 Å². The molecule has 0 amide bonds. The lowest BCUT2D eigenvalue weighted by atomic mass is 10.0. The van der Waals surface area contributed by atoms with Crippen LogP contribution in [0.1, 0.15) is 0 Å². The number of furan rings is 1. The second kappa shape index (κ2) is 12.7. The summed E-state index contributed by atoms with van der Waals surface area (Å²) in [7, 11) is 0. The zero-order valence-corrected chi connectivity index (χ0v) is 32.2. The number of rotatable bonds is 4. The summed E-state index contributed by atoms with van der Waals surface area (Å²) < 4.78 is 9.09. The predicted octanol–water partition coefficient (Wildman–Crippen LogP) is 14.5. The molecule has 0 unspecified atom stereocenters. The summed E-state index contributed by atoms with van der Waals surface area (Å²) >= 11 is 0. The molecule has 3 aromatic heterocycles. The van der Waals surface area contributed by atoms with Crippen LogP contribution in [-0.4, -0.2) is 19.5 Å². The zero-order chi connectivity index (χ0) is 39.3. The Labute approximate surface area is 343 Å². The van der Waals surface area contributed by atoms with Crippen molar-refractivity contribution in [3.8, 4) is 39.9 Å². The van der Waals surface area contributed by atoms with Gasteiger partial charge in [0.05, 0.1) is 22.1 Å². The van der Waals surface area contributed by atoms with Gasteiger partial charge in [-0.25, -0.2) is 15.0 Å². The fraction of sp³-hybridized carbons (Fsp3) is 0. The van der Waals surface area contributed by atoms with E-state index < -0.39 is 0 Å². The molecule has 13 rings (SSSR count). The molecule has 3 heterocycles. The highest BCUT2D eigenvalue weighted by atomic mass is 16.3. The molecule has 0 aliphatic carbocycles. The monoisotopic (exact) mass is 764 g/mol. The summed E-state index contributed by atoms with van der Waals surface area (Å²) in [6.07, 6.45) is 0. The molecule has 0 saturated carbocycles. The van der Waals surface area contributed by atoms with Crippen LogP contribution in [0.15, 0.2) is 199 Å². The minimum atomic E-state index is 0.579. The van der Waals surface area contributed by atoms with Crippen LogP contribution in [0.4, 0.5) is 0 Å². The number of benzene rings is 10. The Balaban J connectivity index is 1.19. The van der Waals surface area contributed by atoms with Gasteiger partial charge in [-0.2, -0.15) is 0 Å². The number of aromatic nitrogens is 4. The van der Waals surface area contributed by atoms with Crippen molar-refractivity contribution in [2.75, 3.05) is 0 Å². The van der Waals surface area contributed by atoms with Crippen LogP contribution in [0, 0.1) is 0 Å². The van der Waals surface area contributed by atoms with Gasteiger partial charge >= 0.3 is 0 Å². The van der Waals surface area contributed by atoms with Gasteiger partial charge in [-0.05, 0) is 91.6 Å². The zero-order valence-electron chi connectivity index (χ0n) is 32.2. The largest absolute Gasteiger partial charge is 0.456 e. The fourth-order valence-electron chi connectivity index (χ4n) is 9.33. The van der Waals surface area contributed by atoms with E-state index in [0.29, 0.717) is 17.5 Å². The maximum atomic E-state index is 6.66. The summed E-state index contributed by atoms with van der Waals surface area (Å²) in [5.41, 5.74) is 7.51. The van der Waals surface area contributed by atoms with Crippen molar-refractivity contribution in [1.29, 1.82) is 0 Å². The van der Waals surface area contributed by atoms with Crippen LogP contribution >= 0.6 is 0 Å². The van der Waals surface area contributed by atoms with Gasteiger partial charge in [0.15, 0.2) is 17.5 Å². The van der Waals surface area contributed by atoms with Crippen molar-refractivity contribution in [2.45, 2.75) is 0 Å². The molecule has 0 atom stereocenters. The van der Waals surface area contributed by atoms with Crippen LogP contribution in [0.3, 0.4) is 0 Å². The summed E-state index contributed by atoms with van der Waals surface area (Å²) in [6, 6.07) is 68.7. The molecule has 0 radical (unpaired) electrons. The number of hydrogen-bond donors (Lipinski definition) is 0. The van der Waals surface area contributed by atoms with E-state index in [0.717, 1.165) is 76.9 Å². The average Bonchev–Trinajstić information content (AvgIpc) is 3.84. The van der Waals surface area contributed by atoms with E-state index in [1.165, 1.54) is 32.3 Å². The van der Waals surface area contributed by atoms with Gasteiger partial charge in [0.25, 0.3) is 0 Å². The van der Waals surface area contributed by atoms with E-state index in [1.807, 2.05) is 12.1 Å². The highest BCUT2D eigenvalue weighted by Gasteiger charge is 2.25. The van der Waals surface area contributed by atoms with E-state index in [2.05, 4.69) is 187 Å². The first kappa shape index (κ1) is 32.9. The SMILES string of the molecule is c1ccc2cc(-c3nc(-c4ccc5oc6ccccc6c5c4-n4c5cc6ccccc6cc5c5cc6ccccc6cc54)nc(-c4cccc5ccccc45)n3)ccc2c1. The van der Waals surface area contributed by atoms with Crippen molar-refractivity contribution in [2.24, 2.45) is 0 Å². The molecule has 278 valence electrons. The lowest BCUT2D eigenvalue weighted by Gasteiger charge is -2.17. The normalized spacial score (nSPS) is 12.0. The molecular formula is C55H32N4O. The number of para-hydroxylation sites is 1. The van der Waals surface area contributed by atoms with Crippen molar-refractivity contribution in [3.05, 3.63) is 194 Å². The molecule has 5 heteroatoms. The molecule has 0 fully saturated rings. The molecule has 60 heavy (non-hydrogen) atoms. The quantitative estimate of drug-likeness (QED) is 0.179. The van der Waals surface area contributed by atoms with Crippen molar-refractivity contribution < 1.29 is 4.42 Å². The second-order valence-electron chi connectivity index (χ2n) is 15.6. The van der Waals surface area contributed by atoms with Gasteiger partial charge in [-0.15, -0.1) is 0 Å². The van der Waals surface area contributed by atoms with Crippen molar-refractivity contribution in [1.82, 2.24) is 19.5 Å². The predicted molar refractivity (Wildman–Crippen MR) is 248 cm³/mol. The summed E-state index contributed by atoms with van der Waals surface area (Å²) in [5.74, 6) is 1.80. The van der Waals surface area contributed by atoms with Gasteiger partial charge in [0.2, 0.25) is 0 Å². The molecule has 5 nitrogen and oxygen atoms in total. The molecule has 0 N–H and O–H groups in total. The third kappa shape index (κ3) is 4.96. The Kier molecular flexibility index (Phi) is 6.95. The highest BCUT2D eigenvalue weighted by Crippen LogP contribution is 2.45. The Bertz CT molecular complexity index is 3820. The molecule has 13 aromatic rings. The van der Waals surface area contributed by atoms with Crippen LogP contribution < -0.4 is 0 Å². The minimum absolute atomic E-state index is 0.579. The van der Waals surface area contributed by atoms with Crippen LogP contribution in [0.2, 0.25) is 0 Å². The number of hydrogen-bond acceptors (Lipinski definition) is 4. The molecular weight excluding hydrogens is 733 g/mol. The van der Waals surface area contributed by atoms with E-state index in [1.54, 1.807) is 0 Å². The molecule has 0 aliphatic heterocycles. The first-order chi connectivity index (χ1) is 29.7. The Morgan fingerprint density at radius 3 is 1.57 bits per heavy atom. The van der Waals surface area contributed by atoms with Gasteiger partial charge in [0.1, 0.15) is 11.2 Å². The maximum Gasteiger partial charge on any atom is 0.166 e. The lowest BCUT2D eigenvalue weighted by Crippen LogP contribution is -2.04. The van der Waals surface area contributed by atoms with Crippen molar-refractivity contribution >= 4 is 86.8 Å². The van der Waals surface area contributed by atoms with Crippen LogP contribution in [-0.2, 0) is 0 Å². The van der Waals surface area contributed by atoms with E-state index in [-0.39, 0.29) is 0 Å². The smallest absolute Gasteiger partial charge is 0.166 e. The maximum absolute atomic E-state index is 6.66. The van der Waals surface area contributed by atoms with Crippen LogP contribution in [0.25, 0.3) is 127 Å². The van der Waals surface area contributed by atoms with E-state index in [4.69, 9.17) is 19.4 Å². The van der Waals surface area contributed by atoms with Crippen molar-refractivity contribution in [3.63, 3.8) is 0 Å². The van der Waals surface area contributed by atoms with Gasteiger partial charge < -0.3 is 8.98 Å². The Hall–Kier alpha value is -8.15. The van der Waals surface area contributed by atoms with Crippen LogP contribution in [0.5, 0.6) is 0 Å². The molecule has 10 aromatic carbocycles. The minimum Gasteiger partial charge on any atom is -0.456 e. The van der Waals surface area contributed by atoms with E-state index >= 15 is 0 Å². The third-order valence-electron chi connectivity index (χ3n) is 12.2. The standard InChI is InChI=1S/C55H32N4O/c1-2-14-35-28-40(25-24-33(35)12-1)53-56-54(42-22-11-19-34-13-7-8-20-41(34)42)58-55(57-53)44-26-27-50-51(43-21-9-10-23-49(43)60-50)52(44)59-47-31-38-17-5-3-15-36(38)29-45(47)46-30-37-16-4-6-18-39(37)32-48(46)59/h1-32H. The third-order valence-corrected chi connectivity index (χ3v) is 12.2. The highest BCUT2D eigenvalue weighted by molar-refractivity contribution is 6.20. The fourth-order valence-corrected chi connectivity index (χ4v) is 9.33. The molecule has 0 spiro atoms. The molecule has 0 aliphatic rings. The topological polar surface area (TPSA) is 56.7 Å². The molecule has 0 bridgehead atoms. The first-order valence-electron chi connectivity index (χ1n) is 20.3. The first-order valence-corrected chi connectivity index (χ1v) is 20.3. The Morgan fingerprint density at radius 1 is 0.333 bits per heavy atom. The van der Waals surface area contributed by atoms with Gasteiger partial charge in [-0.3, -0.25) is 0 Å². The van der Waals surface area contributed by atoms with E-state index in [9.17, 15) is 0 Å². The average molecular weight is 765 g/mol. The summed E-state index contributed by atoms with van der Waals surface area (Å²) in [5, 5.41) is 13.6. The lowest BCUT2D eigenvalue weighted by molar-refractivity contribution is 0.669. The molecule has 0 saturated heterocycles. The summed E-state index contributed by atoms with van der Waals surface area (Å²) in [4.78, 5) is 16.1. The summed E-state index contributed by atoms with van der Waals surface area (Å²) in [6.45, 7) is 0. The number of nitrogens with zero attached hydrogens (tertiary/aromatic N) is 4.